The zero-order chi connectivity index (χ0) is 18.2. The predicted molar refractivity (Wildman–Crippen MR) is 97.2 cm³/mol. The summed E-state index contributed by atoms with van der Waals surface area (Å²) in [5.41, 5.74) is 2.61. The van der Waals surface area contributed by atoms with Crippen molar-refractivity contribution in [1.29, 1.82) is 0 Å². The Morgan fingerprint density at radius 2 is 2.04 bits per heavy atom. The van der Waals surface area contributed by atoms with Crippen LogP contribution in [0.1, 0.15) is 52.3 Å². The lowest BCUT2D eigenvalue weighted by atomic mass is 9.87. The molecule has 0 radical (unpaired) electrons. The van der Waals surface area contributed by atoms with Crippen LogP contribution in [0.4, 0.5) is 0 Å². The van der Waals surface area contributed by atoms with E-state index in [1.165, 1.54) is 22.3 Å². The third-order valence-electron chi connectivity index (χ3n) is 3.90. The third kappa shape index (κ3) is 3.71. The summed E-state index contributed by atoms with van der Waals surface area (Å²) in [7, 11) is 0. The molecule has 0 fully saturated rings. The zero-order valence-electron chi connectivity index (χ0n) is 14.2. The smallest absolute Gasteiger partial charge is 0.355 e. The molecule has 3 aromatic rings. The zero-order valence-corrected chi connectivity index (χ0v) is 15.0. The van der Waals surface area contributed by atoms with Crippen LogP contribution in [0.25, 0.3) is 10.9 Å². The van der Waals surface area contributed by atoms with E-state index in [9.17, 15) is 9.59 Å². The van der Waals surface area contributed by atoms with Crippen LogP contribution in [-0.2, 0) is 12.0 Å². The molecule has 1 amide bonds. The fourth-order valence-corrected chi connectivity index (χ4v) is 3.17. The number of amides is 1. The van der Waals surface area contributed by atoms with E-state index in [4.69, 9.17) is 5.11 Å². The average molecular weight is 357 g/mol. The van der Waals surface area contributed by atoms with E-state index >= 15 is 0 Å². The molecule has 0 aliphatic rings. The highest BCUT2D eigenvalue weighted by atomic mass is 32.1. The molecule has 3 N–H and O–H groups in total. The average Bonchev–Trinajstić information content (AvgIpc) is 3.17. The van der Waals surface area contributed by atoms with Crippen LogP contribution in [-0.4, -0.2) is 27.0 Å². The van der Waals surface area contributed by atoms with Gasteiger partial charge in [-0.05, 0) is 23.1 Å². The summed E-state index contributed by atoms with van der Waals surface area (Å²) in [4.78, 5) is 30.2. The van der Waals surface area contributed by atoms with Crippen LogP contribution in [0, 0.1) is 0 Å². The first-order valence-electron chi connectivity index (χ1n) is 7.83. The standard InChI is InChI=1S/C18H19N3O3S/c1-18(2,3)11-5-4-10-6-13(20-12(10)7-11)16(22)19-8-15-21-14(9-25-15)17(23)24/h4-7,9,20H,8H2,1-3H3,(H,19,22)(H,23,24). The Labute approximate surface area is 148 Å². The number of carboxylic acid groups (broad SMARTS) is 1. The lowest BCUT2D eigenvalue weighted by Crippen LogP contribution is -2.23. The van der Waals surface area contributed by atoms with Crippen molar-refractivity contribution >= 4 is 34.1 Å². The molecule has 7 heteroatoms. The third-order valence-corrected chi connectivity index (χ3v) is 4.75. The number of nitrogens with one attached hydrogen (secondary N) is 2. The molecule has 6 nitrogen and oxygen atoms in total. The highest BCUT2D eigenvalue weighted by Crippen LogP contribution is 2.26. The van der Waals surface area contributed by atoms with E-state index in [-0.39, 0.29) is 23.6 Å². The molecule has 0 spiro atoms. The molecule has 0 saturated carbocycles. The second-order valence-electron chi connectivity index (χ2n) is 6.85. The fourth-order valence-electron chi connectivity index (χ4n) is 2.46. The second kappa shape index (κ2) is 6.33. The molecule has 25 heavy (non-hydrogen) atoms. The monoisotopic (exact) mass is 357 g/mol. The Hall–Kier alpha value is -2.67. The molecule has 0 unspecified atom stereocenters. The fraction of sp³-hybridized carbons (Fsp3) is 0.278. The molecule has 0 bridgehead atoms. The molecule has 2 aromatic heterocycles. The number of benzene rings is 1. The maximum Gasteiger partial charge on any atom is 0.355 e. The Kier molecular flexibility index (Phi) is 4.34. The Morgan fingerprint density at radius 1 is 1.28 bits per heavy atom. The van der Waals surface area contributed by atoms with Crippen LogP contribution >= 0.6 is 11.3 Å². The summed E-state index contributed by atoms with van der Waals surface area (Å²) >= 11 is 1.21. The van der Waals surface area contributed by atoms with Gasteiger partial charge in [0.05, 0.1) is 6.54 Å². The van der Waals surface area contributed by atoms with Gasteiger partial charge in [-0.1, -0.05) is 32.9 Å². The number of hydrogen-bond donors (Lipinski definition) is 3. The quantitative estimate of drug-likeness (QED) is 0.665. The highest BCUT2D eigenvalue weighted by Gasteiger charge is 2.16. The molecule has 1 aromatic carbocycles. The van der Waals surface area contributed by atoms with Gasteiger partial charge in [0.2, 0.25) is 0 Å². The maximum atomic E-state index is 12.3. The first-order valence-corrected chi connectivity index (χ1v) is 8.71. The molecule has 3 rings (SSSR count). The lowest BCUT2D eigenvalue weighted by molar-refractivity contribution is 0.0691. The van der Waals surface area contributed by atoms with Gasteiger partial charge >= 0.3 is 5.97 Å². The van der Waals surface area contributed by atoms with Gasteiger partial charge in [0.1, 0.15) is 10.7 Å². The van der Waals surface area contributed by atoms with Crippen molar-refractivity contribution in [2.75, 3.05) is 0 Å². The van der Waals surface area contributed by atoms with Gasteiger partial charge in [-0.25, -0.2) is 9.78 Å². The minimum atomic E-state index is -1.07. The van der Waals surface area contributed by atoms with Crippen molar-refractivity contribution in [3.8, 4) is 0 Å². The largest absolute Gasteiger partial charge is 0.476 e. The van der Waals surface area contributed by atoms with Gasteiger partial charge in [-0.3, -0.25) is 4.79 Å². The van der Waals surface area contributed by atoms with Gasteiger partial charge in [0.15, 0.2) is 5.69 Å². The Balaban J connectivity index is 1.74. The van der Waals surface area contributed by atoms with E-state index in [0.717, 1.165) is 10.9 Å². The Bertz CT molecular complexity index is 950. The SMILES string of the molecule is CC(C)(C)c1ccc2cc(C(=O)NCc3nc(C(=O)O)cs3)[nH]c2c1. The number of aromatic nitrogens is 2. The summed E-state index contributed by atoms with van der Waals surface area (Å²) < 4.78 is 0. The topological polar surface area (TPSA) is 95.1 Å². The van der Waals surface area contributed by atoms with E-state index in [2.05, 4.69) is 48.2 Å². The maximum absolute atomic E-state index is 12.3. The second-order valence-corrected chi connectivity index (χ2v) is 7.79. The molecule has 0 saturated heterocycles. The summed E-state index contributed by atoms with van der Waals surface area (Å²) in [6, 6.07) is 7.94. The number of nitrogens with zero attached hydrogens (tertiary/aromatic N) is 1. The van der Waals surface area contributed by atoms with Crippen molar-refractivity contribution in [2.24, 2.45) is 0 Å². The van der Waals surface area contributed by atoms with Crippen LogP contribution in [0.5, 0.6) is 0 Å². The van der Waals surface area contributed by atoms with Crippen molar-refractivity contribution in [1.82, 2.24) is 15.3 Å². The summed E-state index contributed by atoms with van der Waals surface area (Å²) in [6.07, 6.45) is 0. The molecule has 0 aliphatic carbocycles. The number of carbonyl (C=O) groups excluding carboxylic acids is 1. The number of H-pyrrole nitrogens is 1. The Morgan fingerprint density at radius 3 is 2.68 bits per heavy atom. The number of hydrogen-bond acceptors (Lipinski definition) is 4. The van der Waals surface area contributed by atoms with Crippen LogP contribution in [0.2, 0.25) is 0 Å². The highest BCUT2D eigenvalue weighted by molar-refractivity contribution is 7.09. The van der Waals surface area contributed by atoms with Crippen molar-refractivity contribution < 1.29 is 14.7 Å². The number of rotatable bonds is 4. The van der Waals surface area contributed by atoms with Crippen LogP contribution < -0.4 is 5.32 Å². The number of aromatic amines is 1. The van der Waals surface area contributed by atoms with Gasteiger partial charge in [-0.15, -0.1) is 11.3 Å². The number of fused-ring (bicyclic) bond motifs is 1. The summed E-state index contributed by atoms with van der Waals surface area (Å²) in [5.74, 6) is -1.32. The summed E-state index contributed by atoms with van der Waals surface area (Å²) in [5, 5.41) is 14.6. The van der Waals surface area contributed by atoms with Crippen LogP contribution in [0.15, 0.2) is 29.6 Å². The van der Waals surface area contributed by atoms with E-state index in [1.807, 2.05) is 12.1 Å². The van der Waals surface area contributed by atoms with Crippen molar-refractivity contribution in [2.45, 2.75) is 32.7 Å². The molecular formula is C18H19N3O3S. The van der Waals surface area contributed by atoms with Gasteiger partial charge < -0.3 is 15.4 Å². The summed E-state index contributed by atoms with van der Waals surface area (Å²) in [6.45, 7) is 6.62. The first kappa shape index (κ1) is 17.2. The first-order chi connectivity index (χ1) is 11.7. The molecule has 130 valence electrons. The predicted octanol–water partition coefficient (Wildman–Crippen LogP) is 3.55. The molecule has 2 heterocycles. The van der Waals surface area contributed by atoms with Crippen molar-refractivity contribution in [3.05, 3.63) is 51.6 Å². The number of carboxylic acids is 1. The minimum absolute atomic E-state index is 0.00503. The molecule has 0 atom stereocenters. The van der Waals surface area contributed by atoms with E-state index < -0.39 is 5.97 Å². The minimum Gasteiger partial charge on any atom is -0.476 e. The van der Waals surface area contributed by atoms with E-state index in [0.29, 0.717) is 10.7 Å². The normalized spacial score (nSPS) is 11.6. The number of aromatic carboxylic acids is 1. The number of thiazole rings is 1. The van der Waals surface area contributed by atoms with E-state index in [1.54, 1.807) is 0 Å². The van der Waals surface area contributed by atoms with Gasteiger partial charge in [0, 0.05) is 16.3 Å². The number of carbonyl (C=O) groups is 2. The van der Waals surface area contributed by atoms with Crippen molar-refractivity contribution in [3.63, 3.8) is 0 Å². The molecule has 0 aliphatic heterocycles. The van der Waals surface area contributed by atoms with Crippen LogP contribution in [0.3, 0.4) is 0 Å². The van der Waals surface area contributed by atoms with Gasteiger partial charge in [-0.2, -0.15) is 0 Å². The lowest BCUT2D eigenvalue weighted by Gasteiger charge is -2.18. The molecular weight excluding hydrogens is 338 g/mol. The van der Waals surface area contributed by atoms with Gasteiger partial charge in [0.25, 0.3) is 5.91 Å².